The zero-order chi connectivity index (χ0) is 18.0. The fourth-order valence-corrected chi connectivity index (χ4v) is 3.67. The van der Waals surface area contributed by atoms with Crippen LogP contribution in [-0.2, 0) is 16.1 Å². The zero-order valence-electron chi connectivity index (χ0n) is 14.3. The van der Waals surface area contributed by atoms with Gasteiger partial charge in [0, 0.05) is 5.56 Å². The van der Waals surface area contributed by atoms with Crippen molar-refractivity contribution < 1.29 is 14.3 Å². The van der Waals surface area contributed by atoms with E-state index < -0.39 is 0 Å². The first-order valence-electron chi connectivity index (χ1n) is 7.80. The van der Waals surface area contributed by atoms with Crippen molar-refractivity contribution in [2.24, 2.45) is 4.99 Å². The Bertz CT molecular complexity index is 1030. The van der Waals surface area contributed by atoms with Crippen LogP contribution in [0.1, 0.15) is 21.5 Å². The summed E-state index contributed by atoms with van der Waals surface area (Å²) in [6, 6.07) is 13.2. The second-order valence-electron chi connectivity index (χ2n) is 5.80. The van der Waals surface area contributed by atoms with Crippen LogP contribution in [0, 0.1) is 13.8 Å². The highest BCUT2D eigenvalue weighted by atomic mass is 32.1. The number of rotatable bonds is 3. The van der Waals surface area contributed by atoms with Gasteiger partial charge in [-0.1, -0.05) is 35.1 Å². The van der Waals surface area contributed by atoms with Gasteiger partial charge in [-0.25, -0.2) is 0 Å². The van der Waals surface area contributed by atoms with E-state index >= 15 is 0 Å². The first-order chi connectivity index (χ1) is 12.0. The summed E-state index contributed by atoms with van der Waals surface area (Å²) in [7, 11) is 1.34. The molecule has 5 nitrogen and oxygen atoms in total. The number of ether oxygens (including phenoxy) is 1. The molecule has 0 atom stereocenters. The number of nitrogens with zero attached hydrogens (tertiary/aromatic N) is 2. The number of aryl methyl sites for hydroxylation is 2. The van der Waals surface area contributed by atoms with E-state index in [2.05, 4.69) is 4.99 Å². The molecule has 3 rings (SSSR count). The van der Waals surface area contributed by atoms with E-state index in [1.807, 2.05) is 44.2 Å². The summed E-state index contributed by atoms with van der Waals surface area (Å²) in [5.74, 6) is -0.713. The van der Waals surface area contributed by atoms with Gasteiger partial charge in [0.2, 0.25) is 0 Å². The molecule has 0 aliphatic rings. The molecule has 0 bridgehead atoms. The van der Waals surface area contributed by atoms with Crippen LogP contribution < -0.4 is 4.80 Å². The summed E-state index contributed by atoms with van der Waals surface area (Å²) in [4.78, 5) is 29.0. The molecular formula is C19H18N2O3S. The van der Waals surface area contributed by atoms with E-state index in [4.69, 9.17) is 4.74 Å². The molecule has 0 radical (unpaired) electrons. The molecule has 0 saturated carbocycles. The number of esters is 1. The summed E-state index contributed by atoms with van der Waals surface area (Å²) >= 11 is 1.39. The van der Waals surface area contributed by atoms with Crippen molar-refractivity contribution in [2.45, 2.75) is 20.4 Å². The number of aromatic nitrogens is 1. The molecule has 6 heteroatoms. The van der Waals surface area contributed by atoms with Crippen LogP contribution in [0.2, 0.25) is 0 Å². The summed E-state index contributed by atoms with van der Waals surface area (Å²) in [5.41, 5.74) is 3.49. The third kappa shape index (κ3) is 3.69. The average Bonchev–Trinajstić information content (AvgIpc) is 2.91. The number of hydrogen-bond donors (Lipinski definition) is 0. The largest absolute Gasteiger partial charge is 0.468 e. The first-order valence-corrected chi connectivity index (χ1v) is 8.62. The molecule has 2 aromatic carbocycles. The number of amides is 1. The van der Waals surface area contributed by atoms with Crippen molar-refractivity contribution in [2.75, 3.05) is 7.11 Å². The first kappa shape index (κ1) is 17.1. The standard InChI is InChI=1S/C19H18N2O3S/c1-12-5-4-6-14(9-12)18(23)20-19-21(11-17(22)24-3)15-8-7-13(2)10-16(15)25-19/h4-10H,11H2,1-3H3. The molecule has 128 valence electrons. The maximum absolute atomic E-state index is 12.5. The molecule has 0 aliphatic carbocycles. The number of benzene rings is 2. The minimum atomic E-state index is -0.385. The molecule has 25 heavy (non-hydrogen) atoms. The lowest BCUT2D eigenvalue weighted by Gasteiger charge is -2.04. The molecular weight excluding hydrogens is 336 g/mol. The molecule has 3 aromatic rings. The highest BCUT2D eigenvalue weighted by molar-refractivity contribution is 7.16. The van der Waals surface area contributed by atoms with Crippen LogP contribution in [0.4, 0.5) is 0 Å². The Morgan fingerprint density at radius 2 is 1.88 bits per heavy atom. The molecule has 0 fully saturated rings. The van der Waals surface area contributed by atoms with Crippen LogP contribution in [0.3, 0.4) is 0 Å². The summed E-state index contributed by atoms with van der Waals surface area (Å²) in [5, 5.41) is 0. The van der Waals surface area contributed by atoms with E-state index in [9.17, 15) is 9.59 Å². The quantitative estimate of drug-likeness (QED) is 0.679. The van der Waals surface area contributed by atoms with Gasteiger partial charge in [-0.15, -0.1) is 0 Å². The van der Waals surface area contributed by atoms with E-state index in [1.54, 1.807) is 16.7 Å². The normalized spacial score (nSPS) is 11.7. The number of carbonyl (C=O) groups excluding carboxylic acids is 2. The van der Waals surface area contributed by atoms with Gasteiger partial charge < -0.3 is 9.30 Å². The molecule has 0 N–H and O–H groups in total. The Morgan fingerprint density at radius 3 is 2.60 bits per heavy atom. The molecule has 1 aromatic heterocycles. The highest BCUT2D eigenvalue weighted by Gasteiger charge is 2.12. The number of hydrogen-bond acceptors (Lipinski definition) is 4. The van der Waals surface area contributed by atoms with E-state index in [0.29, 0.717) is 10.4 Å². The highest BCUT2D eigenvalue weighted by Crippen LogP contribution is 2.19. The molecule has 0 unspecified atom stereocenters. The Labute approximate surface area is 149 Å². The van der Waals surface area contributed by atoms with Gasteiger partial charge in [0.25, 0.3) is 5.91 Å². The lowest BCUT2D eigenvalue weighted by Crippen LogP contribution is -2.22. The SMILES string of the molecule is COC(=O)Cn1c(=NC(=O)c2cccc(C)c2)sc2cc(C)ccc21. The van der Waals surface area contributed by atoms with E-state index in [0.717, 1.165) is 21.3 Å². The Morgan fingerprint density at radius 1 is 1.12 bits per heavy atom. The van der Waals surface area contributed by atoms with Crippen LogP contribution in [-0.4, -0.2) is 23.6 Å². The van der Waals surface area contributed by atoms with Gasteiger partial charge in [-0.3, -0.25) is 9.59 Å². The minimum Gasteiger partial charge on any atom is -0.468 e. The van der Waals surface area contributed by atoms with Crippen molar-refractivity contribution in [1.82, 2.24) is 4.57 Å². The number of carbonyl (C=O) groups is 2. The van der Waals surface area contributed by atoms with Gasteiger partial charge in [0.15, 0.2) is 4.80 Å². The van der Waals surface area contributed by atoms with Crippen LogP contribution in [0.5, 0.6) is 0 Å². The van der Waals surface area contributed by atoms with Gasteiger partial charge in [-0.05, 0) is 43.7 Å². The van der Waals surface area contributed by atoms with Gasteiger partial charge in [0.1, 0.15) is 6.54 Å². The van der Waals surface area contributed by atoms with Crippen molar-refractivity contribution in [3.63, 3.8) is 0 Å². The molecule has 0 spiro atoms. The van der Waals surface area contributed by atoms with Crippen molar-refractivity contribution >= 4 is 33.4 Å². The fraction of sp³-hybridized carbons (Fsp3) is 0.211. The second-order valence-corrected chi connectivity index (χ2v) is 6.81. The lowest BCUT2D eigenvalue weighted by molar-refractivity contribution is -0.141. The zero-order valence-corrected chi connectivity index (χ0v) is 15.1. The summed E-state index contributed by atoms with van der Waals surface area (Å²) in [6.45, 7) is 3.94. The van der Waals surface area contributed by atoms with Crippen LogP contribution >= 0.6 is 11.3 Å². The minimum absolute atomic E-state index is 0.0134. The van der Waals surface area contributed by atoms with Gasteiger partial charge in [0.05, 0.1) is 17.3 Å². The maximum Gasteiger partial charge on any atom is 0.325 e. The Kier molecular flexibility index (Phi) is 4.81. The van der Waals surface area contributed by atoms with Crippen molar-refractivity contribution in [3.8, 4) is 0 Å². The smallest absolute Gasteiger partial charge is 0.325 e. The molecule has 0 aliphatic heterocycles. The Balaban J connectivity index is 2.15. The lowest BCUT2D eigenvalue weighted by atomic mass is 10.1. The molecule has 1 heterocycles. The average molecular weight is 354 g/mol. The topological polar surface area (TPSA) is 60.7 Å². The Hall–Kier alpha value is -2.73. The maximum atomic E-state index is 12.5. The molecule has 0 saturated heterocycles. The van der Waals surface area contributed by atoms with Crippen LogP contribution in [0.15, 0.2) is 47.5 Å². The molecule has 1 amide bonds. The number of methoxy groups -OCH3 is 1. The monoisotopic (exact) mass is 354 g/mol. The predicted octanol–water partition coefficient (Wildman–Crippen LogP) is 3.23. The summed E-state index contributed by atoms with van der Waals surface area (Å²) < 4.78 is 7.47. The number of fused-ring (bicyclic) bond motifs is 1. The van der Waals surface area contributed by atoms with Crippen molar-refractivity contribution in [3.05, 3.63) is 64.0 Å². The third-order valence-corrected chi connectivity index (χ3v) is 4.86. The van der Waals surface area contributed by atoms with E-state index in [1.165, 1.54) is 18.4 Å². The second kappa shape index (κ2) is 7.03. The third-order valence-electron chi connectivity index (χ3n) is 3.82. The fourth-order valence-electron chi connectivity index (χ4n) is 2.54. The summed E-state index contributed by atoms with van der Waals surface area (Å²) in [6.07, 6.45) is 0. The van der Waals surface area contributed by atoms with Gasteiger partial charge >= 0.3 is 5.97 Å². The number of thiazole rings is 1. The van der Waals surface area contributed by atoms with Crippen molar-refractivity contribution in [1.29, 1.82) is 0 Å². The van der Waals surface area contributed by atoms with Gasteiger partial charge in [-0.2, -0.15) is 4.99 Å². The predicted molar refractivity (Wildman–Crippen MR) is 97.6 cm³/mol. The van der Waals surface area contributed by atoms with E-state index in [-0.39, 0.29) is 18.4 Å². The van der Waals surface area contributed by atoms with Crippen LogP contribution in [0.25, 0.3) is 10.2 Å².